The van der Waals surface area contributed by atoms with Gasteiger partial charge in [-0.3, -0.25) is 9.80 Å². The van der Waals surface area contributed by atoms with Crippen molar-refractivity contribution in [2.24, 2.45) is 5.92 Å². The molecule has 0 aromatic carbocycles. The second kappa shape index (κ2) is 5.44. The number of nitrogens with zero attached hydrogens (tertiary/aromatic N) is 2. The molecule has 3 atom stereocenters. The molecule has 4 rings (SSSR count). The van der Waals surface area contributed by atoms with E-state index in [9.17, 15) is 0 Å². The maximum Gasteiger partial charge on any atom is 0.0842 e. The molecular weight excluding hydrogens is 274 g/mol. The molecule has 126 valence electrons. The normalized spacial score (nSPS) is 39.5. The Balaban J connectivity index is 1.31. The monoisotopic (exact) mass is 307 g/mol. The maximum atomic E-state index is 6.24. The SMILES string of the molecule is CC(C)N1CCOC2(CC2CC(C)N2CCNC3(CC3)C2)C1. The van der Waals surface area contributed by atoms with E-state index in [0.717, 1.165) is 25.6 Å². The van der Waals surface area contributed by atoms with E-state index in [1.807, 2.05) is 0 Å². The van der Waals surface area contributed by atoms with Gasteiger partial charge >= 0.3 is 0 Å². The Morgan fingerprint density at radius 1 is 1.14 bits per heavy atom. The minimum atomic E-state index is 0.210. The molecule has 0 aromatic rings. The first-order valence-electron chi connectivity index (χ1n) is 9.39. The van der Waals surface area contributed by atoms with Gasteiger partial charge in [-0.15, -0.1) is 0 Å². The van der Waals surface area contributed by atoms with Crippen LogP contribution < -0.4 is 5.32 Å². The number of nitrogens with one attached hydrogen (secondary N) is 1. The third-order valence-corrected chi connectivity index (χ3v) is 6.65. The van der Waals surface area contributed by atoms with Crippen LogP contribution in [0.15, 0.2) is 0 Å². The smallest absolute Gasteiger partial charge is 0.0842 e. The van der Waals surface area contributed by atoms with E-state index >= 15 is 0 Å². The Morgan fingerprint density at radius 2 is 1.95 bits per heavy atom. The zero-order valence-corrected chi connectivity index (χ0v) is 14.6. The van der Waals surface area contributed by atoms with Crippen LogP contribution in [-0.4, -0.2) is 72.4 Å². The molecule has 4 aliphatic rings. The van der Waals surface area contributed by atoms with Crippen LogP contribution in [0.3, 0.4) is 0 Å². The summed E-state index contributed by atoms with van der Waals surface area (Å²) in [6.45, 7) is 13.9. The first kappa shape index (κ1) is 15.4. The van der Waals surface area contributed by atoms with Crippen LogP contribution in [0.25, 0.3) is 0 Å². The highest BCUT2D eigenvalue weighted by atomic mass is 16.5. The average molecular weight is 307 g/mol. The Bertz CT molecular complexity index is 423. The van der Waals surface area contributed by atoms with Crippen molar-refractivity contribution in [3.8, 4) is 0 Å². The molecule has 0 bridgehead atoms. The number of piperazine rings is 1. The Hall–Kier alpha value is -0.160. The predicted octanol–water partition coefficient (Wildman–Crippen LogP) is 1.70. The van der Waals surface area contributed by atoms with Crippen LogP contribution in [0.2, 0.25) is 0 Å². The van der Waals surface area contributed by atoms with Gasteiger partial charge in [0.15, 0.2) is 0 Å². The summed E-state index contributed by atoms with van der Waals surface area (Å²) in [5.41, 5.74) is 0.714. The van der Waals surface area contributed by atoms with E-state index < -0.39 is 0 Å². The number of hydrogen-bond donors (Lipinski definition) is 1. The van der Waals surface area contributed by atoms with E-state index in [-0.39, 0.29) is 5.60 Å². The molecule has 2 saturated heterocycles. The molecule has 2 aliphatic carbocycles. The minimum absolute atomic E-state index is 0.210. The fourth-order valence-corrected chi connectivity index (χ4v) is 4.71. The van der Waals surface area contributed by atoms with Crippen molar-refractivity contribution in [1.29, 1.82) is 0 Å². The lowest BCUT2D eigenvalue weighted by Gasteiger charge is -2.39. The number of ether oxygens (including phenoxy) is 1. The van der Waals surface area contributed by atoms with Crippen LogP contribution >= 0.6 is 0 Å². The molecule has 4 heteroatoms. The zero-order chi connectivity index (χ0) is 15.4. The molecule has 2 saturated carbocycles. The first-order valence-corrected chi connectivity index (χ1v) is 9.39. The van der Waals surface area contributed by atoms with E-state index in [2.05, 4.69) is 35.9 Å². The van der Waals surface area contributed by atoms with Crippen LogP contribution in [0.5, 0.6) is 0 Å². The van der Waals surface area contributed by atoms with Crippen molar-refractivity contribution in [1.82, 2.24) is 15.1 Å². The van der Waals surface area contributed by atoms with Gasteiger partial charge in [-0.05, 0) is 52.4 Å². The highest BCUT2D eigenvalue weighted by Gasteiger charge is 2.58. The van der Waals surface area contributed by atoms with Crippen molar-refractivity contribution < 1.29 is 4.74 Å². The average Bonchev–Trinajstić information content (AvgIpc) is 3.39. The molecular formula is C18H33N3O. The van der Waals surface area contributed by atoms with E-state index in [1.165, 1.54) is 45.3 Å². The third kappa shape index (κ3) is 2.83. The van der Waals surface area contributed by atoms with E-state index in [0.29, 0.717) is 17.6 Å². The number of hydrogen-bond acceptors (Lipinski definition) is 4. The van der Waals surface area contributed by atoms with Crippen LogP contribution in [-0.2, 0) is 4.74 Å². The summed E-state index contributed by atoms with van der Waals surface area (Å²) in [5, 5.41) is 3.73. The van der Waals surface area contributed by atoms with Gasteiger partial charge in [0.1, 0.15) is 0 Å². The summed E-state index contributed by atoms with van der Waals surface area (Å²) >= 11 is 0. The second-order valence-electron chi connectivity index (χ2n) is 8.64. The standard InChI is InChI=1S/C18H33N3O/c1-14(2)20-8-9-22-18(13-20)11-16(18)10-15(3)21-7-6-19-17(12-21)4-5-17/h14-16,19H,4-13H2,1-3H3. The van der Waals surface area contributed by atoms with Gasteiger partial charge in [-0.1, -0.05) is 0 Å². The Labute approximate surface area is 135 Å². The lowest BCUT2D eigenvalue weighted by Crippen LogP contribution is -2.55. The minimum Gasteiger partial charge on any atom is -0.372 e. The Morgan fingerprint density at radius 3 is 2.68 bits per heavy atom. The van der Waals surface area contributed by atoms with Gasteiger partial charge in [0.05, 0.1) is 12.2 Å². The van der Waals surface area contributed by atoms with Crippen molar-refractivity contribution in [3.63, 3.8) is 0 Å². The fraction of sp³-hybridized carbons (Fsp3) is 1.00. The van der Waals surface area contributed by atoms with E-state index in [4.69, 9.17) is 4.74 Å². The summed E-state index contributed by atoms with van der Waals surface area (Å²) in [5.74, 6) is 0.786. The quantitative estimate of drug-likeness (QED) is 0.856. The highest BCUT2D eigenvalue weighted by molar-refractivity contribution is 5.11. The summed E-state index contributed by atoms with van der Waals surface area (Å²) in [4.78, 5) is 5.34. The fourth-order valence-electron chi connectivity index (χ4n) is 4.71. The number of morpholine rings is 1. The molecule has 4 fully saturated rings. The predicted molar refractivity (Wildman–Crippen MR) is 89.1 cm³/mol. The van der Waals surface area contributed by atoms with Crippen LogP contribution in [0.4, 0.5) is 0 Å². The second-order valence-corrected chi connectivity index (χ2v) is 8.64. The lowest BCUT2D eigenvalue weighted by atomic mass is 10.0. The summed E-state index contributed by atoms with van der Waals surface area (Å²) < 4.78 is 6.24. The topological polar surface area (TPSA) is 27.7 Å². The third-order valence-electron chi connectivity index (χ3n) is 6.65. The molecule has 0 aromatic heterocycles. The van der Waals surface area contributed by atoms with Gasteiger partial charge in [-0.25, -0.2) is 0 Å². The van der Waals surface area contributed by atoms with E-state index in [1.54, 1.807) is 0 Å². The first-order chi connectivity index (χ1) is 10.5. The van der Waals surface area contributed by atoms with Crippen molar-refractivity contribution in [2.75, 3.05) is 39.3 Å². The zero-order valence-electron chi connectivity index (χ0n) is 14.6. The Kier molecular flexibility index (Phi) is 3.80. The summed E-state index contributed by atoms with van der Waals surface area (Å²) in [6, 6.07) is 1.37. The van der Waals surface area contributed by atoms with Crippen LogP contribution in [0.1, 0.15) is 46.5 Å². The van der Waals surface area contributed by atoms with Crippen LogP contribution in [0, 0.1) is 5.92 Å². The molecule has 1 N–H and O–H groups in total. The molecule has 2 spiro atoms. The molecule has 0 amide bonds. The molecule has 2 aliphatic heterocycles. The largest absolute Gasteiger partial charge is 0.372 e. The van der Waals surface area contributed by atoms with Crippen molar-refractivity contribution in [3.05, 3.63) is 0 Å². The van der Waals surface area contributed by atoms with Gasteiger partial charge in [0.25, 0.3) is 0 Å². The number of rotatable bonds is 4. The lowest BCUT2D eigenvalue weighted by molar-refractivity contribution is -0.0665. The van der Waals surface area contributed by atoms with Crippen molar-refractivity contribution in [2.45, 2.75) is 69.7 Å². The molecule has 4 nitrogen and oxygen atoms in total. The van der Waals surface area contributed by atoms with Gasteiger partial charge in [-0.2, -0.15) is 0 Å². The summed E-state index contributed by atoms with van der Waals surface area (Å²) in [7, 11) is 0. The van der Waals surface area contributed by atoms with Crippen molar-refractivity contribution >= 4 is 0 Å². The summed E-state index contributed by atoms with van der Waals surface area (Å²) in [6.07, 6.45) is 5.38. The highest BCUT2D eigenvalue weighted by Crippen LogP contribution is 2.52. The molecule has 22 heavy (non-hydrogen) atoms. The maximum absolute atomic E-state index is 6.24. The molecule has 3 unspecified atom stereocenters. The van der Waals surface area contributed by atoms with Gasteiger partial charge in [0, 0.05) is 50.3 Å². The van der Waals surface area contributed by atoms with Gasteiger partial charge < -0.3 is 10.1 Å². The molecule has 2 heterocycles. The molecule has 0 radical (unpaired) electrons. The van der Waals surface area contributed by atoms with Gasteiger partial charge in [0.2, 0.25) is 0 Å².